The van der Waals surface area contributed by atoms with Gasteiger partial charge in [-0.25, -0.2) is 14.2 Å². The summed E-state index contributed by atoms with van der Waals surface area (Å²) in [7, 11) is 2.68. The van der Waals surface area contributed by atoms with Crippen molar-refractivity contribution in [2.45, 2.75) is 13.0 Å². The van der Waals surface area contributed by atoms with E-state index in [4.69, 9.17) is 4.74 Å². The summed E-state index contributed by atoms with van der Waals surface area (Å²) in [6.07, 6.45) is -1.04. The molecule has 0 aliphatic rings. The van der Waals surface area contributed by atoms with E-state index < -0.39 is 17.9 Å². The lowest BCUT2D eigenvalue weighted by atomic mass is 10.1. The molecule has 0 saturated carbocycles. The third kappa shape index (κ3) is 2.42. The van der Waals surface area contributed by atoms with Crippen LogP contribution in [0.5, 0.6) is 5.75 Å². The van der Waals surface area contributed by atoms with Gasteiger partial charge in [0.05, 0.1) is 25.9 Å². The zero-order valence-corrected chi connectivity index (χ0v) is 11.3. The Labute approximate surface area is 115 Å². The molecule has 2 rings (SSSR count). The Morgan fingerprint density at radius 2 is 2.05 bits per heavy atom. The number of nitrogens with zero attached hydrogens (tertiary/aromatic N) is 1. The van der Waals surface area contributed by atoms with Crippen LogP contribution in [0.3, 0.4) is 0 Å². The molecule has 20 heavy (non-hydrogen) atoms. The summed E-state index contributed by atoms with van der Waals surface area (Å²) < 4.78 is 23.6. The zero-order valence-electron chi connectivity index (χ0n) is 11.3. The molecule has 0 aliphatic carbocycles. The van der Waals surface area contributed by atoms with Gasteiger partial charge in [0, 0.05) is 5.39 Å². The van der Waals surface area contributed by atoms with Gasteiger partial charge in [0.1, 0.15) is 22.8 Å². The monoisotopic (exact) mass is 279 g/mol. The summed E-state index contributed by atoms with van der Waals surface area (Å²) in [5.74, 6) is -0.883. The molecule has 6 heteroatoms. The van der Waals surface area contributed by atoms with E-state index >= 15 is 0 Å². The molecule has 1 heterocycles. The molecular formula is C14H14FNO4. The van der Waals surface area contributed by atoms with E-state index in [1.165, 1.54) is 39.3 Å². The molecule has 2 aromatic rings. The van der Waals surface area contributed by atoms with Crippen molar-refractivity contribution in [2.75, 3.05) is 14.2 Å². The highest BCUT2D eigenvalue weighted by Gasteiger charge is 2.17. The quantitative estimate of drug-likeness (QED) is 0.872. The van der Waals surface area contributed by atoms with Crippen molar-refractivity contribution in [3.63, 3.8) is 0 Å². The second-order valence-corrected chi connectivity index (χ2v) is 4.27. The van der Waals surface area contributed by atoms with Gasteiger partial charge in [0.2, 0.25) is 0 Å². The number of benzene rings is 1. The van der Waals surface area contributed by atoms with E-state index in [-0.39, 0.29) is 11.3 Å². The number of hydrogen-bond acceptors (Lipinski definition) is 5. The van der Waals surface area contributed by atoms with Crippen LogP contribution < -0.4 is 4.74 Å². The summed E-state index contributed by atoms with van der Waals surface area (Å²) >= 11 is 0. The fraction of sp³-hybridized carbons (Fsp3) is 0.286. The Hall–Kier alpha value is -2.21. The summed E-state index contributed by atoms with van der Waals surface area (Å²) in [6.45, 7) is 1.42. The first-order valence-corrected chi connectivity index (χ1v) is 5.92. The van der Waals surface area contributed by atoms with Crippen molar-refractivity contribution < 1.29 is 23.8 Å². The molecule has 1 aromatic carbocycles. The number of aliphatic hydroxyl groups is 1. The zero-order chi connectivity index (χ0) is 14.9. The first-order chi connectivity index (χ1) is 9.47. The van der Waals surface area contributed by atoms with Gasteiger partial charge in [-0.15, -0.1) is 0 Å². The van der Waals surface area contributed by atoms with E-state index in [0.29, 0.717) is 16.7 Å². The van der Waals surface area contributed by atoms with Crippen molar-refractivity contribution in [1.29, 1.82) is 0 Å². The smallest absolute Gasteiger partial charge is 0.338 e. The Balaban J connectivity index is 2.74. The highest BCUT2D eigenvalue weighted by molar-refractivity contribution is 5.97. The minimum absolute atomic E-state index is 0.0679. The number of esters is 1. The molecule has 0 fully saturated rings. The van der Waals surface area contributed by atoms with E-state index in [1.54, 1.807) is 0 Å². The van der Waals surface area contributed by atoms with E-state index in [1.807, 2.05) is 0 Å². The predicted molar refractivity (Wildman–Crippen MR) is 70.2 cm³/mol. The second kappa shape index (κ2) is 5.42. The standard InChI is InChI=1S/C14H14FNO4/c1-7(17)12-10(15)5-8-4-9(14(18)20-3)6-11(19-2)13(8)16-12/h4-7,17H,1-3H3. The van der Waals surface area contributed by atoms with Crippen LogP contribution in [0.15, 0.2) is 18.2 Å². The maximum atomic E-state index is 13.8. The van der Waals surface area contributed by atoms with Gasteiger partial charge in [-0.3, -0.25) is 0 Å². The minimum Gasteiger partial charge on any atom is -0.494 e. The van der Waals surface area contributed by atoms with Crippen LogP contribution in [0, 0.1) is 5.82 Å². The van der Waals surface area contributed by atoms with Crippen LogP contribution in [0.2, 0.25) is 0 Å². The Morgan fingerprint density at radius 1 is 1.35 bits per heavy atom. The van der Waals surface area contributed by atoms with Crippen molar-refractivity contribution in [3.05, 3.63) is 35.3 Å². The van der Waals surface area contributed by atoms with Gasteiger partial charge in [0.15, 0.2) is 0 Å². The van der Waals surface area contributed by atoms with Crippen molar-refractivity contribution >= 4 is 16.9 Å². The number of rotatable bonds is 3. The first kappa shape index (κ1) is 14.2. The third-order valence-electron chi connectivity index (χ3n) is 2.90. The average molecular weight is 279 g/mol. The molecule has 1 unspecified atom stereocenters. The molecule has 0 radical (unpaired) electrons. The molecule has 5 nitrogen and oxygen atoms in total. The number of carbonyl (C=O) groups is 1. The van der Waals surface area contributed by atoms with Crippen LogP contribution in [-0.4, -0.2) is 30.3 Å². The molecule has 0 bridgehead atoms. The molecule has 1 N–H and O–H groups in total. The number of fused-ring (bicyclic) bond motifs is 1. The van der Waals surface area contributed by atoms with Gasteiger partial charge < -0.3 is 14.6 Å². The van der Waals surface area contributed by atoms with Gasteiger partial charge in [-0.05, 0) is 25.1 Å². The summed E-state index contributed by atoms with van der Waals surface area (Å²) in [5.41, 5.74) is 0.543. The number of carbonyl (C=O) groups excluding carboxylic acids is 1. The van der Waals surface area contributed by atoms with Gasteiger partial charge in [0.25, 0.3) is 0 Å². The lowest BCUT2D eigenvalue weighted by molar-refractivity contribution is 0.0600. The molecule has 1 atom stereocenters. The normalized spacial score (nSPS) is 12.2. The Bertz CT molecular complexity index is 670. The predicted octanol–water partition coefficient (Wildman–Crippen LogP) is 2.22. The van der Waals surface area contributed by atoms with Gasteiger partial charge in [-0.2, -0.15) is 0 Å². The summed E-state index contributed by atoms with van der Waals surface area (Å²) in [6, 6.07) is 4.13. The van der Waals surface area contributed by atoms with E-state index in [9.17, 15) is 14.3 Å². The van der Waals surface area contributed by atoms with E-state index in [0.717, 1.165) is 0 Å². The highest BCUT2D eigenvalue weighted by Crippen LogP contribution is 2.29. The number of pyridine rings is 1. The number of ether oxygens (including phenoxy) is 2. The molecule has 0 spiro atoms. The molecule has 1 aromatic heterocycles. The summed E-state index contributed by atoms with van der Waals surface area (Å²) in [5, 5.41) is 9.89. The fourth-order valence-corrected chi connectivity index (χ4v) is 1.93. The number of methoxy groups -OCH3 is 2. The first-order valence-electron chi connectivity index (χ1n) is 5.92. The fourth-order valence-electron chi connectivity index (χ4n) is 1.93. The van der Waals surface area contributed by atoms with Crippen molar-refractivity contribution in [3.8, 4) is 5.75 Å². The maximum Gasteiger partial charge on any atom is 0.338 e. The number of hydrogen-bond donors (Lipinski definition) is 1. The largest absolute Gasteiger partial charge is 0.494 e. The Kier molecular flexibility index (Phi) is 3.85. The van der Waals surface area contributed by atoms with Crippen LogP contribution in [0.4, 0.5) is 4.39 Å². The van der Waals surface area contributed by atoms with Crippen LogP contribution in [-0.2, 0) is 4.74 Å². The molecule has 0 amide bonds. The highest BCUT2D eigenvalue weighted by atomic mass is 19.1. The number of aromatic nitrogens is 1. The lowest BCUT2D eigenvalue weighted by Gasteiger charge is -2.11. The average Bonchev–Trinajstić information content (AvgIpc) is 2.43. The maximum absolute atomic E-state index is 13.8. The van der Waals surface area contributed by atoms with Gasteiger partial charge >= 0.3 is 5.97 Å². The third-order valence-corrected chi connectivity index (χ3v) is 2.90. The second-order valence-electron chi connectivity index (χ2n) is 4.27. The van der Waals surface area contributed by atoms with Crippen molar-refractivity contribution in [2.24, 2.45) is 0 Å². The van der Waals surface area contributed by atoms with E-state index in [2.05, 4.69) is 9.72 Å². The van der Waals surface area contributed by atoms with Crippen molar-refractivity contribution in [1.82, 2.24) is 4.98 Å². The molecule has 106 valence electrons. The topological polar surface area (TPSA) is 68.7 Å². The Morgan fingerprint density at radius 3 is 2.60 bits per heavy atom. The molecular weight excluding hydrogens is 265 g/mol. The van der Waals surface area contributed by atoms with Crippen LogP contribution in [0.25, 0.3) is 10.9 Å². The number of halogens is 1. The summed E-state index contributed by atoms with van der Waals surface area (Å²) in [4.78, 5) is 15.6. The number of aliphatic hydroxyl groups excluding tert-OH is 1. The van der Waals surface area contributed by atoms with Crippen LogP contribution >= 0.6 is 0 Å². The minimum atomic E-state index is -1.04. The SMILES string of the molecule is COC(=O)c1cc(OC)c2nc(C(C)O)c(F)cc2c1. The molecule has 0 saturated heterocycles. The van der Waals surface area contributed by atoms with Gasteiger partial charge in [-0.1, -0.05) is 0 Å². The van der Waals surface area contributed by atoms with Crippen LogP contribution in [0.1, 0.15) is 29.1 Å². The lowest BCUT2D eigenvalue weighted by Crippen LogP contribution is -2.05. The molecule has 0 aliphatic heterocycles.